The second kappa shape index (κ2) is 3.25. The van der Waals surface area contributed by atoms with Crippen LogP contribution in [-0.2, 0) is 0 Å². The molecule has 0 fully saturated rings. The van der Waals surface area contributed by atoms with E-state index in [1.807, 2.05) is 6.20 Å². The molecule has 0 amide bonds. The summed E-state index contributed by atoms with van der Waals surface area (Å²) in [6.07, 6.45) is 3.20. The number of benzene rings is 1. The maximum absolute atomic E-state index is 3.30. The fourth-order valence-electron chi connectivity index (χ4n) is 1.74. The van der Waals surface area contributed by atoms with E-state index in [0.717, 1.165) is 0 Å². The first-order valence-electron chi connectivity index (χ1n) is 4.89. The molecule has 0 saturated carbocycles. The highest BCUT2D eigenvalue weighted by atomic mass is 14.7. The van der Waals surface area contributed by atoms with E-state index in [9.17, 15) is 0 Å². The van der Waals surface area contributed by atoms with Crippen LogP contribution in [0.1, 0.15) is 33.2 Å². The van der Waals surface area contributed by atoms with Gasteiger partial charge in [-0.05, 0) is 29.4 Å². The number of H-pyrrole nitrogens is 1. The standard InChI is InChI=1S/C12H15N.H2/c1-3-9(2)11-6-4-5-10-7-8-13-12(10)11;/h4-9,13H,3H2,1-2H3;1H. The predicted octanol–water partition coefficient (Wildman–Crippen LogP) is 3.93. The van der Waals surface area contributed by atoms with Crippen LogP contribution in [0.15, 0.2) is 30.5 Å². The highest BCUT2D eigenvalue weighted by Gasteiger charge is 2.07. The fraction of sp³-hybridized carbons (Fsp3) is 0.333. The molecule has 0 aliphatic rings. The van der Waals surface area contributed by atoms with Gasteiger partial charge in [-0.15, -0.1) is 0 Å². The Morgan fingerprint density at radius 3 is 3.00 bits per heavy atom. The molecule has 0 bridgehead atoms. The second-order valence-electron chi connectivity index (χ2n) is 3.60. The average molecular weight is 175 g/mol. The average Bonchev–Trinajstić information content (AvgIpc) is 2.63. The van der Waals surface area contributed by atoms with Crippen LogP contribution < -0.4 is 0 Å². The number of hydrogen-bond acceptors (Lipinski definition) is 0. The summed E-state index contributed by atoms with van der Waals surface area (Å²) < 4.78 is 0. The molecule has 0 saturated heterocycles. The number of fused-ring (bicyclic) bond motifs is 1. The molecule has 0 aliphatic heterocycles. The Bertz CT molecular complexity index is 405. The lowest BCUT2D eigenvalue weighted by molar-refractivity contribution is 0.738. The lowest BCUT2D eigenvalue weighted by Crippen LogP contribution is -1.91. The van der Waals surface area contributed by atoms with Crippen LogP contribution in [0, 0.1) is 0 Å². The first-order chi connectivity index (χ1) is 6.33. The Labute approximate surface area is 80.3 Å². The summed E-state index contributed by atoms with van der Waals surface area (Å²) in [5.74, 6) is 0.641. The van der Waals surface area contributed by atoms with E-state index < -0.39 is 0 Å². The van der Waals surface area contributed by atoms with E-state index in [0.29, 0.717) is 5.92 Å². The van der Waals surface area contributed by atoms with E-state index in [2.05, 4.69) is 43.1 Å². The van der Waals surface area contributed by atoms with Crippen molar-refractivity contribution < 1.29 is 1.43 Å². The molecule has 0 aliphatic carbocycles. The van der Waals surface area contributed by atoms with Crippen LogP contribution in [-0.4, -0.2) is 4.98 Å². The van der Waals surface area contributed by atoms with Gasteiger partial charge in [0, 0.05) is 13.1 Å². The SMILES string of the molecule is CCC(C)c1cccc2cc[nH]c12.[HH]. The number of aromatic nitrogens is 1. The Kier molecular flexibility index (Phi) is 2.09. The quantitative estimate of drug-likeness (QED) is 0.711. The summed E-state index contributed by atoms with van der Waals surface area (Å²) in [6.45, 7) is 4.50. The van der Waals surface area contributed by atoms with Crippen molar-refractivity contribution >= 4 is 10.9 Å². The maximum atomic E-state index is 3.30. The van der Waals surface area contributed by atoms with Crippen LogP contribution in [0.25, 0.3) is 10.9 Å². The molecule has 70 valence electrons. The summed E-state index contributed by atoms with van der Waals surface area (Å²) in [5.41, 5.74) is 2.74. The molecule has 1 atom stereocenters. The molecule has 2 rings (SSSR count). The number of para-hydroxylation sites is 1. The Hall–Kier alpha value is -1.24. The van der Waals surface area contributed by atoms with Crippen molar-refractivity contribution in [1.82, 2.24) is 4.98 Å². The minimum Gasteiger partial charge on any atom is -0.361 e. The van der Waals surface area contributed by atoms with E-state index in [1.54, 1.807) is 0 Å². The van der Waals surface area contributed by atoms with Gasteiger partial charge in [-0.1, -0.05) is 32.0 Å². The zero-order valence-corrected chi connectivity index (χ0v) is 8.17. The van der Waals surface area contributed by atoms with Crippen molar-refractivity contribution in [3.05, 3.63) is 36.0 Å². The van der Waals surface area contributed by atoms with Crippen molar-refractivity contribution in [1.29, 1.82) is 0 Å². The monoisotopic (exact) mass is 175 g/mol. The fourth-order valence-corrected chi connectivity index (χ4v) is 1.74. The van der Waals surface area contributed by atoms with Gasteiger partial charge in [0.05, 0.1) is 0 Å². The molecule has 0 spiro atoms. The van der Waals surface area contributed by atoms with Crippen molar-refractivity contribution in [3.63, 3.8) is 0 Å². The maximum Gasteiger partial charge on any atom is 0.0489 e. The third-order valence-electron chi connectivity index (χ3n) is 2.76. The Morgan fingerprint density at radius 2 is 2.23 bits per heavy atom. The van der Waals surface area contributed by atoms with Gasteiger partial charge in [-0.2, -0.15) is 0 Å². The highest BCUT2D eigenvalue weighted by Crippen LogP contribution is 2.25. The van der Waals surface area contributed by atoms with Crippen molar-refractivity contribution in [2.24, 2.45) is 0 Å². The summed E-state index contributed by atoms with van der Waals surface area (Å²) in [5, 5.41) is 1.32. The minimum absolute atomic E-state index is 0. The lowest BCUT2D eigenvalue weighted by atomic mass is 9.97. The second-order valence-corrected chi connectivity index (χ2v) is 3.60. The van der Waals surface area contributed by atoms with Crippen LogP contribution in [0.5, 0.6) is 0 Å². The van der Waals surface area contributed by atoms with Gasteiger partial charge >= 0.3 is 0 Å². The molecule has 1 aromatic heterocycles. The lowest BCUT2D eigenvalue weighted by Gasteiger charge is -2.09. The molecule has 1 unspecified atom stereocenters. The summed E-state index contributed by atoms with van der Waals surface area (Å²) >= 11 is 0. The highest BCUT2D eigenvalue weighted by molar-refractivity contribution is 5.82. The molecular formula is C12H17N. The zero-order chi connectivity index (χ0) is 9.26. The number of nitrogens with one attached hydrogen (secondary N) is 1. The zero-order valence-electron chi connectivity index (χ0n) is 8.17. The van der Waals surface area contributed by atoms with Crippen LogP contribution in [0.3, 0.4) is 0 Å². The molecule has 1 heterocycles. The van der Waals surface area contributed by atoms with Crippen molar-refractivity contribution in [3.8, 4) is 0 Å². The van der Waals surface area contributed by atoms with E-state index in [1.165, 1.54) is 22.9 Å². The molecular weight excluding hydrogens is 158 g/mol. The molecule has 1 N–H and O–H groups in total. The molecule has 1 heteroatoms. The third-order valence-corrected chi connectivity index (χ3v) is 2.76. The molecule has 1 nitrogen and oxygen atoms in total. The first kappa shape index (κ1) is 8.36. The summed E-state index contributed by atoms with van der Waals surface area (Å²) in [6, 6.07) is 8.63. The number of rotatable bonds is 2. The molecule has 13 heavy (non-hydrogen) atoms. The molecule has 0 radical (unpaired) electrons. The predicted molar refractivity (Wildman–Crippen MR) is 59.1 cm³/mol. The van der Waals surface area contributed by atoms with Crippen LogP contribution >= 0.6 is 0 Å². The summed E-state index contributed by atoms with van der Waals surface area (Å²) in [7, 11) is 0. The van der Waals surface area contributed by atoms with Gasteiger partial charge in [0.2, 0.25) is 0 Å². The van der Waals surface area contributed by atoms with E-state index >= 15 is 0 Å². The van der Waals surface area contributed by atoms with E-state index in [-0.39, 0.29) is 1.43 Å². The number of hydrogen-bond donors (Lipinski definition) is 1. The van der Waals surface area contributed by atoms with E-state index in [4.69, 9.17) is 0 Å². The van der Waals surface area contributed by atoms with Crippen LogP contribution in [0.4, 0.5) is 0 Å². The first-order valence-corrected chi connectivity index (χ1v) is 4.89. The Balaban J connectivity index is 0.000000980. The van der Waals surface area contributed by atoms with Crippen LogP contribution in [0.2, 0.25) is 0 Å². The van der Waals surface area contributed by atoms with Gasteiger partial charge < -0.3 is 4.98 Å². The molecule has 2 aromatic rings. The Morgan fingerprint density at radius 1 is 1.38 bits per heavy atom. The van der Waals surface area contributed by atoms with Gasteiger partial charge in [-0.25, -0.2) is 0 Å². The topological polar surface area (TPSA) is 15.8 Å². The van der Waals surface area contributed by atoms with Gasteiger partial charge in [-0.3, -0.25) is 0 Å². The van der Waals surface area contributed by atoms with Crippen molar-refractivity contribution in [2.75, 3.05) is 0 Å². The van der Waals surface area contributed by atoms with Gasteiger partial charge in [0.1, 0.15) is 0 Å². The molecule has 1 aromatic carbocycles. The largest absolute Gasteiger partial charge is 0.361 e. The smallest absolute Gasteiger partial charge is 0.0489 e. The minimum atomic E-state index is 0. The third kappa shape index (κ3) is 1.35. The normalized spacial score (nSPS) is 13.4. The van der Waals surface area contributed by atoms with Crippen molar-refractivity contribution in [2.45, 2.75) is 26.2 Å². The number of aromatic amines is 1. The van der Waals surface area contributed by atoms with Gasteiger partial charge in [0.15, 0.2) is 0 Å². The summed E-state index contributed by atoms with van der Waals surface area (Å²) in [4.78, 5) is 3.30. The van der Waals surface area contributed by atoms with Gasteiger partial charge in [0.25, 0.3) is 0 Å².